The summed E-state index contributed by atoms with van der Waals surface area (Å²) in [7, 11) is 1.73. The number of hydrogen-bond donors (Lipinski definition) is 2. The van der Waals surface area contributed by atoms with Crippen LogP contribution >= 0.6 is 11.6 Å². The Balaban J connectivity index is 1.81. The smallest absolute Gasteiger partial charge is 0.322 e. The molecule has 3 rings (SSSR count). The molecule has 2 N–H and O–H groups in total. The second-order valence-corrected chi connectivity index (χ2v) is 5.56. The first-order valence-electron chi connectivity index (χ1n) is 6.16. The van der Waals surface area contributed by atoms with Gasteiger partial charge in [-0.05, 0) is 12.5 Å². The van der Waals surface area contributed by atoms with Crippen LogP contribution < -0.4 is 10.6 Å². The zero-order chi connectivity index (χ0) is 14.5. The van der Waals surface area contributed by atoms with Crippen molar-refractivity contribution in [3.8, 4) is 0 Å². The van der Waals surface area contributed by atoms with Gasteiger partial charge in [0.25, 0.3) is 11.8 Å². The zero-order valence-electron chi connectivity index (χ0n) is 10.8. The number of urea groups is 1. The van der Waals surface area contributed by atoms with Crippen LogP contribution in [0.2, 0.25) is 5.02 Å². The van der Waals surface area contributed by atoms with Gasteiger partial charge in [-0.3, -0.25) is 14.9 Å². The van der Waals surface area contributed by atoms with Crippen molar-refractivity contribution in [1.29, 1.82) is 0 Å². The van der Waals surface area contributed by atoms with Gasteiger partial charge in [-0.15, -0.1) is 0 Å². The molecule has 4 amide bonds. The van der Waals surface area contributed by atoms with Gasteiger partial charge in [0.15, 0.2) is 0 Å². The van der Waals surface area contributed by atoms with Crippen LogP contribution in [0.25, 0.3) is 0 Å². The van der Waals surface area contributed by atoms with Crippen molar-refractivity contribution in [1.82, 2.24) is 20.1 Å². The number of hydrogen-bond acceptors (Lipinski definition) is 3. The molecule has 0 bridgehead atoms. The highest BCUT2D eigenvalue weighted by atomic mass is 35.5. The molecular formula is C12H13ClN4O3. The molecule has 1 aromatic rings. The minimum absolute atomic E-state index is 0.173. The van der Waals surface area contributed by atoms with Crippen LogP contribution in [0.5, 0.6) is 0 Å². The van der Waals surface area contributed by atoms with Crippen molar-refractivity contribution in [2.75, 3.05) is 13.1 Å². The lowest BCUT2D eigenvalue weighted by Crippen LogP contribution is -2.49. The number of halogens is 1. The fraction of sp³-hybridized carbons (Fsp3) is 0.417. The van der Waals surface area contributed by atoms with E-state index in [2.05, 4.69) is 10.6 Å². The highest BCUT2D eigenvalue weighted by molar-refractivity contribution is 6.31. The lowest BCUT2D eigenvalue weighted by atomic mass is 10.00. The van der Waals surface area contributed by atoms with Gasteiger partial charge in [-0.25, -0.2) is 4.79 Å². The summed E-state index contributed by atoms with van der Waals surface area (Å²) in [5, 5.41) is 5.30. The second kappa shape index (κ2) is 4.24. The lowest BCUT2D eigenvalue weighted by molar-refractivity contribution is -0.123. The number of rotatable bonds is 1. The molecule has 7 nitrogen and oxygen atoms in total. The fourth-order valence-corrected chi connectivity index (χ4v) is 2.95. The first-order valence-corrected chi connectivity index (χ1v) is 6.54. The van der Waals surface area contributed by atoms with Gasteiger partial charge in [0.1, 0.15) is 11.2 Å². The average molecular weight is 297 g/mol. The molecule has 2 fully saturated rings. The van der Waals surface area contributed by atoms with Gasteiger partial charge in [0.05, 0.1) is 11.6 Å². The molecule has 1 spiro atoms. The molecule has 0 aliphatic carbocycles. The molecule has 8 heteroatoms. The molecule has 3 heterocycles. The summed E-state index contributed by atoms with van der Waals surface area (Å²) in [6.45, 7) is 0.585. The van der Waals surface area contributed by atoms with Gasteiger partial charge < -0.3 is 14.8 Å². The summed E-state index contributed by atoms with van der Waals surface area (Å²) in [6, 6.07) is 1.08. The molecular weight excluding hydrogens is 284 g/mol. The Hall–Kier alpha value is -2.02. The van der Waals surface area contributed by atoms with E-state index in [9.17, 15) is 14.4 Å². The molecule has 20 heavy (non-hydrogen) atoms. The number of likely N-dealkylation sites (tertiary alicyclic amines) is 1. The van der Waals surface area contributed by atoms with E-state index in [4.69, 9.17) is 11.6 Å². The van der Waals surface area contributed by atoms with Crippen molar-refractivity contribution < 1.29 is 14.4 Å². The summed E-state index contributed by atoms with van der Waals surface area (Å²) < 4.78 is 1.64. The second-order valence-electron chi connectivity index (χ2n) is 5.12. The first-order chi connectivity index (χ1) is 9.41. The van der Waals surface area contributed by atoms with E-state index in [-0.39, 0.29) is 18.4 Å². The third-order valence-electron chi connectivity index (χ3n) is 3.76. The molecule has 0 aromatic carbocycles. The number of aromatic nitrogens is 1. The number of aryl methyl sites for hydroxylation is 1. The van der Waals surface area contributed by atoms with E-state index in [1.807, 2.05) is 0 Å². The van der Waals surface area contributed by atoms with Crippen molar-refractivity contribution in [3.05, 3.63) is 23.0 Å². The normalized spacial score (nSPS) is 25.2. The third-order valence-corrected chi connectivity index (χ3v) is 3.97. The summed E-state index contributed by atoms with van der Waals surface area (Å²) in [5.41, 5.74) is -0.529. The van der Waals surface area contributed by atoms with Crippen LogP contribution in [0.4, 0.5) is 4.79 Å². The molecule has 2 aliphatic heterocycles. The molecule has 0 saturated carbocycles. The van der Waals surface area contributed by atoms with Crippen molar-refractivity contribution >= 4 is 29.4 Å². The Morgan fingerprint density at radius 3 is 2.75 bits per heavy atom. The molecule has 2 aliphatic rings. The van der Waals surface area contributed by atoms with Crippen molar-refractivity contribution in [2.24, 2.45) is 7.05 Å². The first kappa shape index (κ1) is 13.0. The molecule has 1 atom stereocenters. The maximum absolute atomic E-state index is 12.4. The Morgan fingerprint density at radius 1 is 1.45 bits per heavy atom. The highest BCUT2D eigenvalue weighted by Crippen LogP contribution is 2.26. The number of amides is 4. The zero-order valence-corrected chi connectivity index (χ0v) is 11.5. The lowest BCUT2D eigenvalue weighted by Gasteiger charge is -2.21. The van der Waals surface area contributed by atoms with Crippen LogP contribution in [0.3, 0.4) is 0 Å². The Labute approximate surface area is 119 Å². The molecule has 1 aromatic heterocycles. The van der Waals surface area contributed by atoms with E-state index < -0.39 is 11.6 Å². The third kappa shape index (κ3) is 1.85. The van der Waals surface area contributed by atoms with Crippen LogP contribution in [0.15, 0.2) is 12.3 Å². The predicted octanol–water partition coefficient (Wildman–Crippen LogP) is 0.103. The molecule has 1 unspecified atom stereocenters. The van der Waals surface area contributed by atoms with Crippen LogP contribution in [-0.4, -0.2) is 45.9 Å². The highest BCUT2D eigenvalue weighted by Gasteiger charge is 2.51. The minimum atomic E-state index is -0.984. The minimum Gasteiger partial charge on any atom is -0.345 e. The monoisotopic (exact) mass is 296 g/mol. The van der Waals surface area contributed by atoms with Gasteiger partial charge in [-0.2, -0.15) is 0 Å². The standard InChI is InChI=1S/C12H13ClN4O3/c1-16-5-7(13)4-8(16)9(18)17-3-2-12(6-17)10(19)14-11(20)15-12/h4-5H,2-3,6H2,1H3,(H2,14,15,19,20). The van der Waals surface area contributed by atoms with Gasteiger partial charge in [-0.1, -0.05) is 11.6 Å². The predicted molar refractivity (Wildman–Crippen MR) is 70.3 cm³/mol. The molecule has 2 saturated heterocycles. The van der Waals surface area contributed by atoms with E-state index in [0.29, 0.717) is 23.7 Å². The summed E-state index contributed by atoms with van der Waals surface area (Å²) >= 11 is 5.87. The number of carbonyl (C=O) groups is 3. The molecule has 106 valence electrons. The van der Waals surface area contributed by atoms with Crippen molar-refractivity contribution in [3.63, 3.8) is 0 Å². The van der Waals surface area contributed by atoms with Crippen molar-refractivity contribution in [2.45, 2.75) is 12.0 Å². The van der Waals surface area contributed by atoms with E-state index in [0.717, 1.165) is 0 Å². The van der Waals surface area contributed by atoms with Gasteiger partial charge >= 0.3 is 6.03 Å². The summed E-state index contributed by atoms with van der Waals surface area (Å²) in [5.74, 6) is -0.576. The van der Waals surface area contributed by atoms with Crippen LogP contribution in [-0.2, 0) is 11.8 Å². The quantitative estimate of drug-likeness (QED) is 0.721. The summed E-state index contributed by atoms with van der Waals surface area (Å²) in [4.78, 5) is 37.0. The fourth-order valence-electron chi connectivity index (χ4n) is 2.70. The Kier molecular flexibility index (Phi) is 2.75. The van der Waals surface area contributed by atoms with Gasteiger partial charge in [0, 0.05) is 19.8 Å². The number of imide groups is 1. The maximum Gasteiger partial charge on any atom is 0.322 e. The summed E-state index contributed by atoms with van der Waals surface area (Å²) in [6.07, 6.45) is 2.05. The van der Waals surface area contributed by atoms with E-state index >= 15 is 0 Å². The SMILES string of the molecule is Cn1cc(Cl)cc1C(=O)N1CCC2(C1)NC(=O)NC2=O. The largest absolute Gasteiger partial charge is 0.345 e. The maximum atomic E-state index is 12.4. The van der Waals surface area contributed by atoms with E-state index in [1.165, 1.54) is 0 Å². The topological polar surface area (TPSA) is 83.4 Å². The Morgan fingerprint density at radius 2 is 2.20 bits per heavy atom. The van der Waals surface area contributed by atoms with Crippen LogP contribution in [0, 0.1) is 0 Å². The molecule has 0 radical (unpaired) electrons. The Bertz CT molecular complexity index is 626. The number of nitrogens with one attached hydrogen (secondary N) is 2. The number of carbonyl (C=O) groups excluding carboxylic acids is 3. The number of nitrogens with zero attached hydrogens (tertiary/aromatic N) is 2. The average Bonchev–Trinajstić information content (AvgIpc) is 3.00. The van der Waals surface area contributed by atoms with E-state index in [1.54, 1.807) is 28.8 Å². The van der Waals surface area contributed by atoms with Gasteiger partial charge in [0.2, 0.25) is 0 Å². The van der Waals surface area contributed by atoms with Crippen LogP contribution in [0.1, 0.15) is 16.9 Å².